The molecule has 0 aromatic heterocycles. The molecular weight excluding hydrogens is 406 g/mol. The lowest BCUT2D eigenvalue weighted by Gasteiger charge is -2.12. The normalized spacial score (nSPS) is 12.9. The highest BCUT2D eigenvalue weighted by Crippen LogP contribution is 2.23. The van der Waals surface area contributed by atoms with Crippen molar-refractivity contribution in [1.29, 1.82) is 5.26 Å². The Bertz CT molecular complexity index is 1200. The van der Waals surface area contributed by atoms with Crippen LogP contribution in [0, 0.1) is 11.3 Å². The summed E-state index contributed by atoms with van der Waals surface area (Å²) in [6.07, 6.45) is 0. The second kappa shape index (κ2) is 9.14. The van der Waals surface area contributed by atoms with Crippen molar-refractivity contribution in [2.24, 2.45) is 0 Å². The SMILES string of the molecule is N#Cc1ccccc1-c1ccc(COC(=O)c2ccc(CN3C(=O)CNC3=O)cc2)cc1. The van der Waals surface area contributed by atoms with Crippen molar-refractivity contribution >= 4 is 17.9 Å². The largest absolute Gasteiger partial charge is 0.457 e. The Morgan fingerprint density at radius 2 is 1.66 bits per heavy atom. The molecule has 7 nitrogen and oxygen atoms in total. The van der Waals surface area contributed by atoms with Crippen LogP contribution in [0.3, 0.4) is 0 Å². The van der Waals surface area contributed by atoms with Crippen LogP contribution >= 0.6 is 0 Å². The maximum Gasteiger partial charge on any atom is 0.338 e. The molecule has 1 aliphatic heterocycles. The smallest absolute Gasteiger partial charge is 0.338 e. The first-order valence-corrected chi connectivity index (χ1v) is 9.98. The number of benzene rings is 3. The molecule has 0 unspecified atom stereocenters. The summed E-state index contributed by atoms with van der Waals surface area (Å²) in [6.45, 7) is 0.277. The summed E-state index contributed by atoms with van der Waals surface area (Å²) < 4.78 is 5.39. The first kappa shape index (κ1) is 20.8. The third-order valence-electron chi connectivity index (χ3n) is 5.15. The summed E-state index contributed by atoms with van der Waals surface area (Å²) >= 11 is 0. The molecule has 0 bridgehead atoms. The fourth-order valence-corrected chi connectivity index (χ4v) is 3.39. The summed E-state index contributed by atoms with van der Waals surface area (Å²) in [5.41, 5.74) is 4.31. The molecule has 0 spiro atoms. The number of nitrogens with zero attached hydrogens (tertiary/aromatic N) is 2. The minimum absolute atomic E-state index is 0.00899. The van der Waals surface area contributed by atoms with Crippen LogP contribution in [0.1, 0.15) is 27.0 Å². The average molecular weight is 425 g/mol. The number of rotatable bonds is 6. The molecule has 158 valence electrons. The van der Waals surface area contributed by atoms with Gasteiger partial charge in [-0.1, -0.05) is 54.6 Å². The van der Waals surface area contributed by atoms with Crippen LogP contribution < -0.4 is 5.32 Å². The molecule has 3 aromatic carbocycles. The molecule has 7 heteroatoms. The molecule has 0 radical (unpaired) electrons. The first-order chi connectivity index (χ1) is 15.5. The topological polar surface area (TPSA) is 99.5 Å². The molecule has 3 amide bonds. The molecule has 0 atom stereocenters. The lowest BCUT2D eigenvalue weighted by atomic mass is 9.99. The van der Waals surface area contributed by atoms with Crippen molar-refractivity contribution in [1.82, 2.24) is 10.2 Å². The number of amides is 3. The number of urea groups is 1. The van der Waals surface area contributed by atoms with Crippen molar-refractivity contribution in [2.75, 3.05) is 6.54 Å². The second-order valence-corrected chi connectivity index (χ2v) is 7.27. The van der Waals surface area contributed by atoms with E-state index in [1.54, 1.807) is 30.3 Å². The molecular formula is C25H19N3O4. The van der Waals surface area contributed by atoms with Crippen molar-refractivity contribution in [3.8, 4) is 17.2 Å². The van der Waals surface area contributed by atoms with E-state index in [-0.39, 0.29) is 25.6 Å². The summed E-state index contributed by atoms with van der Waals surface area (Å²) in [7, 11) is 0. The predicted octanol–water partition coefficient (Wildman–Crippen LogP) is 3.63. The van der Waals surface area contributed by atoms with Gasteiger partial charge < -0.3 is 10.1 Å². The number of hydrogen-bond acceptors (Lipinski definition) is 5. The average Bonchev–Trinajstić information content (AvgIpc) is 3.15. The Balaban J connectivity index is 1.35. The Labute approximate surface area is 184 Å². The Morgan fingerprint density at radius 1 is 0.969 bits per heavy atom. The standard InChI is InChI=1S/C25H19N3O4/c26-13-21-3-1-2-4-22(21)19-9-7-18(8-10-19)16-32-24(30)20-11-5-17(6-12-20)15-28-23(29)14-27-25(28)31/h1-12H,14-16H2,(H,27,31). The van der Waals surface area contributed by atoms with Crippen LogP contribution in [0.25, 0.3) is 11.1 Å². The highest BCUT2D eigenvalue weighted by molar-refractivity contribution is 6.01. The van der Waals surface area contributed by atoms with Gasteiger partial charge in [-0.15, -0.1) is 0 Å². The zero-order chi connectivity index (χ0) is 22.5. The van der Waals surface area contributed by atoms with E-state index in [2.05, 4.69) is 11.4 Å². The van der Waals surface area contributed by atoms with Gasteiger partial charge in [0, 0.05) is 0 Å². The lowest BCUT2D eigenvalue weighted by molar-refractivity contribution is -0.125. The van der Waals surface area contributed by atoms with Crippen LogP contribution in [0.15, 0.2) is 72.8 Å². The van der Waals surface area contributed by atoms with Crippen LogP contribution in [-0.4, -0.2) is 29.4 Å². The summed E-state index contributed by atoms with van der Waals surface area (Å²) in [5.74, 6) is -0.744. The van der Waals surface area contributed by atoms with Crippen molar-refractivity contribution in [3.63, 3.8) is 0 Å². The maximum absolute atomic E-state index is 12.4. The third-order valence-corrected chi connectivity index (χ3v) is 5.15. The van der Waals surface area contributed by atoms with Gasteiger partial charge >= 0.3 is 12.0 Å². The van der Waals surface area contributed by atoms with Crippen molar-refractivity contribution < 1.29 is 19.1 Å². The van der Waals surface area contributed by atoms with E-state index in [0.717, 1.165) is 27.2 Å². The highest BCUT2D eigenvalue weighted by Gasteiger charge is 2.28. The molecule has 32 heavy (non-hydrogen) atoms. The van der Waals surface area contributed by atoms with Gasteiger partial charge in [-0.2, -0.15) is 5.26 Å². The summed E-state index contributed by atoms with van der Waals surface area (Å²) in [4.78, 5) is 36.8. The molecule has 1 aliphatic rings. The van der Waals surface area contributed by atoms with E-state index in [1.807, 2.05) is 42.5 Å². The fraction of sp³-hybridized carbons (Fsp3) is 0.120. The third kappa shape index (κ3) is 4.50. The number of carbonyl (C=O) groups is 3. The van der Waals surface area contributed by atoms with Gasteiger partial charge in [0.1, 0.15) is 6.61 Å². The van der Waals surface area contributed by atoms with Gasteiger partial charge in [0.05, 0.1) is 30.3 Å². The number of hydrogen-bond donors (Lipinski definition) is 1. The first-order valence-electron chi connectivity index (χ1n) is 9.98. The van der Waals surface area contributed by atoms with Gasteiger partial charge in [-0.05, 0) is 40.5 Å². The molecule has 0 aliphatic carbocycles. The number of nitrogens with one attached hydrogen (secondary N) is 1. The molecule has 0 saturated carbocycles. The van der Waals surface area contributed by atoms with Crippen molar-refractivity contribution in [3.05, 3.63) is 95.1 Å². The van der Waals surface area contributed by atoms with Gasteiger partial charge in [0.25, 0.3) is 0 Å². The Morgan fingerprint density at radius 3 is 2.31 bits per heavy atom. The van der Waals surface area contributed by atoms with E-state index in [0.29, 0.717) is 11.1 Å². The maximum atomic E-state index is 12.4. The number of carbonyl (C=O) groups excluding carboxylic acids is 3. The van der Waals surface area contributed by atoms with Crippen molar-refractivity contribution in [2.45, 2.75) is 13.2 Å². The number of nitriles is 1. The quantitative estimate of drug-likeness (QED) is 0.480. The van der Waals surface area contributed by atoms with E-state index in [1.165, 1.54) is 0 Å². The van der Waals surface area contributed by atoms with E-state index in [9.17, 15) is 19.6 Å². The lowest BCUT2D eigenvalue weighted by Crippen LogP contribution is -2.30. The molecule has 1 N–H and O–H groups in total. The van der Waals surface area contributed by atoms with E-state index < -0.39 is 12.0 Å². The second-order valence-electron chi connectivity index (χ2n) is 7.27. The minimum Gasteiger partial charge on any atom is -0.457 e. The van der Waals surface area contributed by atoms with E-state index in [4.69, 9.17) is 4.74 Å². The van der Waals surface area contributed by atoms with Crippen LogP contribution in [0.4, 0.5) is 4.79 Å². The molecule has 1 fully saturated rings. The molecule has 1 saturated heterocycles. The predicted molar refractivity (Wildman–Crippen MR) is 116 cm³/mol. The molecule has 4 rings (SSSR count). The zero-order valence-electron chi connectivity index (χ0n) is 17.1. The zero-order valence-corrected chi connectivity index (χ0v) is 17.1. The van der Waals surface area contributed by atoms with Crippen LogP contribution in [0.2, 0.25) is 0 Å². The minimum atomic E-state index is -0.467. The Hall–Kier alpha value is -4.44. The van der Waals surface area contributed by atoms with Gasteiger partial charge in [0.2, 0.25) is 5.91 Å². The van der Waals surface area contributed by atoms with Gasteiger partial charge in [-0.25, -0.2) is 9.59 Å². The highest BCUT2D eigenvalue weighted by atomic mass is 16.5. The van der Waals surface area contributed by atoms with Gasteiger partial charge in [-0.3, -0.25) is 9.69 Å². The van der Waals surface area contributed by atoms with E-state index >= 15 is 0 Å². The summed E-state index contributed by atoms with van der Waals surface area (Å²) in [5, 5.41) is 11.7. The van der Waals surface area contributed by atoms with Crippen LogP contribution in [0.5, 0.6) is 0 Å². The number of imide groups is 1. The molecule has 1 heterocycles. The monoisotopic (exact) mass is 425 g/mol. The molecule has 3 aromatic rings. The van der Waals surface area contributed by atoms with Gasteiger partial charge in [0.15, 0.2) is 0 Å². The number of esters is 1. The number of ether oxygens (including phenoxy) is 1. The van der Waals surface area contributed by atoms with Crippen LogP contribution in [-0.2, 0) is 22.7 Å². The fourth-order valence-electron chi connectivity index (χ4n) is 3.39. The summed E-state index contributed by atoms with van der Waals surface area (Å²) in [6, 6.07) is 23.2. The Kier molecular flexibility index (Phi) is 5.95.